The van der Waals surface area contributed by atoms with Crippen molar-refractivity contribution in [2.75, 3.05) is 11.1 Å². The van der Waals surface area contributed by atoms with Gasteiger partial charge in [-0.2, -0.15) is 0 Å². The molecule has 2 aromatic rings. The highest BCUT2D eigenvalue weighted by atomic mass is 32.2. The van der Waals surface area contributed by atoms with Crippen LogP contribution in [0.25, 0.3) is 0 Å². The fraction of sp³-hybridized carbons (Fsp3) is 0.375. The maximum absolute atomic E-state index is 12.5. The van der Waals surface area contributed by atoms with Crippen molar-refractivity contribution in [1.82, 2.24) is 9.78 Å². The predicted molar refractivity (Wildman–Crippen MR) is 89.4 cm³/mol. The SMILES string of the molecule is CC[C@@H](C)n1[nH]c(=O)c2c1NC(=O)CS[C@@H]2c1ccccc1. The zero-order chi connectivity index (χ0) is 15.7. The van der Waals surface area contributed by atoms with E-state index in [1.165, 1.54) is 11.8 Å². The Hall–Kier alpha value is -1.95. The molecule has 6 heteroatoms. The van der Waals surface area contributed by atoms with Gasteiger partial charge < -0.3 is 5.32 Å². The van der Waals surface area contributed by atoms with Crippen LogP contribution in [-0.4, -0.2) is 21.4 Å². The third-order valence-electron chi connectivity index (χ3n) is 4.00. The summed E-state index contributed by atoms with van der Waals surface area (Å²) in [5.41, 5.74) is 1.55. The van der Waals surface area contributed by atoms with Crippen LogP contribution in [0.2, 0.25) is 0 Å². The molecule has 0 fully saturated rings. The largest absolute Gasteiger partial charge is 0.310 e. The first-order valence-corrected chi connectivity index (χ1v) is 8.47. The summed E-state index contributed by atoms with van der Waals surface area (Å²) in [7, 11) is 0. The van der Waals surface area contributed by atoms with Crippen molar-refractivity contribution in [2.45, 2.75) is 31.6 Å². The molecule has 0 radical (unpaired) electrons. The van der Waals surface area contributed by atoms with Crippen molar-refractivity contribution in [3.8, 4) is 0 Å². The number of hydrogen-bond acceptors (Lipinski definition) is 3. The fourth-order valence-corrected chi connectivity index (χ4v) is 3.77. The van der Waals surface area contributed by atoms with Gasteiger partial charge in [-0.15, -0.1) is 11.8 Å². The van der Waals surface area contributed by atoms with E-state index in [1.54, 1.807) is 4.68 Å². The number of carbonyl (C=O) groups is 1. The van der Waals surface area contributed by atoms with Gasteiger partial charge in [-0.1, -0.05) is 37.3 Å². The Morgan fingerprint density at radius 3 is 2.73 bits per heavy atom. The molecular weight excluding hydrogens is 298 g/mol. The molecule has 5 nitrogen and oxygen atoms in total. The lowest BCUT2D eigenvalue weighted by Gasteiger charge is -2.16. The Bertz CT molecular complexity index is 736. The Kier molecular flexibility index (Phi) is 4.11. The molecule has 2 N–H and O–H groups in total. The summed E-state index contributed by atoms with van der Waals surface area (Å²) in [6, 6.07) is 9.97. The number of benzene rings is 1. The monoisotopic (exact) mass is 317 g/mol. The molecule has 3 rings (SSSR count). The van der Waals surface area contributed by atoms with Crippen molar-refractivity contribution in [1.29, 1.82) is 0 Å². The smallest absolute Gasteiger partial charge is 0.270 e. The molecule has 1 aliphatic rings. The topological polar surface area (TPSA) is 66.9 Å². The van der Waals surface area contributed by atoms with Crippen LogP contribution in [0.3, 0.4) is 0 Å². The van der Waals surface area contributed by atoms with Crippen LogP contribution in [0.4, 0.5) is 5.82 Å². The zero-order valence-corrected chi connectivity index (χ0v) is 13.4. The Balaban J connectivity index is 2.17. The van der Waals surface area contributed by atoms with E-state index in [0.717, 1.165) is 12.0 Å². The standard InChI is InChI=1S/C16H19N3O2S/c1-3-10(2)19-15-13(16(21)18-19)14(22-9-12(20)17-15)11-7-5-4-6-8-11/h4-8,10,14H,3,9H2,1-2H3,(H,17,20)(H,18,21)/t10-,14-/m1/s1. The number of aromatic amines is 1. The van der Waals surface area contributed by atoms with Crippen LogP contribution in [0.5, 0.6) is 0 Å². The van der Waals surface area contributed by atoms with Gasteiger partial charge in [0.1, 0.15) is 5.82 Å². The summed E-state index contributed by atoms with van der Waals surface area (Å²) in [5.74, 6) is 0.887. The molecule has 1 aromatic carbocycles. The van der Waals surface area contributed by atoms with Gasteiger partial charge in [0.2, 0.25) is 5.91 Å². The lowest BCUT2D eigenvalue weighted by molar-refractivity contribution is -0.113. The van der Waals surface area contributed by atoms with Crippen LogP contribution in [0.15, 0.2) is 35.1 Å². The molecule has 0 saturated heterocycles. The number of thioether (sulfide) groups is 1. The number of rotatable bonds is 3. The minimum absolute atomic E-state index is 0.0688. The molecule has 22 heavy (non-hydrogen) atoms. The van der Waals surface area contributed by atoms with Gasteiger partial charge in [0, 0.05) is 6.04 Å². The molecule has 116 valence electrons. The first kappa shape index (κ1) is 15.0. The van der Waals surface area contributed by atoms with Gasteiger partial charge in [-0.3, -0.25) is 19.4 Å². The highest BCUT2D eigenvalue weighted by Crippen LogP contribution is 2.40. The number of amides is 1. The van der Waals surface area contributed by atoms with Gasteiger partial charge in [0.25, 0.3) is 5.56 Å². The normalized spacial score (nSPS) is 19.2. The summed E-state index contributed by atoms with van der Waals surface area (Å²) in [4.78, 5) is 24.5. The highest BCUT2D eigenvalue weighted by molar-refractivity contribution is 8.00. The zero-order valence-electron chi connectivity index (χ0n) is 12.6. The second kappa shape index (κ2) is 6.04. The lowest BCUT2D eigenvalue weighted by atomic mass is 10.1. The van der Waals surface area contributed by atoms with E-state index in [2.05, 4.69) is 17.3 Å². The van der Waals surface area contributed by atoms with E-state index in [-0.39, 0.29) is 22.8 Å². The molecule has 0 saturated carbocycles. The molecule has 0 bridgehead atoms. The Labute approximate surface area is 133 Å². The third-order valence-corrected chi connectivity index (χ3v) is 5.27. The number of anilines is 1. The first-order valence-electron chi connectivity index (χ1n) is 7.42. The number of fused-ring (bicyclic) bond motifs is 1. The number of aromatic nitrogens is 2. The van der Waals surface area contributed by atoms with E-state index in [0.29, 0.717) is 17.1 Å². The van der Waals surface area contributed by atoms with Crippen LogP contribution in [-0.2, 0) is 4.79 Å². The molecule has 0 unspecified atom stereocenters. The van der Waals surface area contributed by atoms with E-state index in [4.69, 9.17) is 0 Å². The van der Waals surface area contributed by atoms with Crippen molar-refractivity contribution in [2.24, 2.45) is 0 Å². The molecule has 1 aromatic heterocycles. The van der Waals surface area contributed by atoms with Crippen molar-refractivity contribution in [3.05, 3.63) is 51.8 Å². The van der Waals surface area contributed by atoms with E-state index >= 15 is 0 Å². The summed E-state index contributed by atoms with van der Waals surface area (Å²) in [6.45, 7) is 4.08. The summed E-state index contributed by atoms with van der Waals surface area (Å²) >= 11 is 1.49. The Morgan fingerprint density at radius 2 is 2.05 bits per heavy atom. The summed E-state index contributed by atoms with van der Waals surface area (Å²) in [5, 5.41) is 5.65. The van der Waals surface area contributed by atoms with Crippen LogP contribution < -0.4 is 10.9 Å². The maximum atomic E-state index is 12.5. The van der Waals surface area contributed by atoms with E-state index < -0.39 is 0 Å². The number of nitrogens with one attached hydrogen (secondary N) is 2. The van der Waals surface area contributed by atoms with Gasteiger partial charge in [-0.05, 0) is 18.9 Å². The quantitative estimate of drug-likeness (QED) is 0.914. The number of carbonyl (C=O) groups excluding carboxylic acids is 1. The molecule has 1 amide bonds. The number of hydrogen-bond donors (Lipinski definition) is 2. The average molecular weight is 317 g/mol. The third kappa shape index (κ3) is 2.59. The molecule has 0 spiro atoms. The Morgan fingerprint density at radius 1 is 1.32 bits per heavy atom. The molecule has 1 aliphatic heterocycles. The van der Waals surface area contributed by atoms with Gasteiger partial charge in [0.05, 0.1) is 16.6 Å². The van der Waals surface area contributed by atoms with Crippen molar-refractivity contribution < 1.29 is 4.79 Å². The lowest BCUT2D eigenvalue weighted by Crippen LogP contribution is -2.18. The number of nitrogens with zero attached hydrogens (tertiary/aromatic N) is 1. The van der Waals surface area contributed by atoms with Crippen LogP contribution in [0, 0.1) is 0 Å². The average Bonchev–Trinajstić information content (AvgIpc) is 2.74. The van der Waals surface area contributed by atoms with Gasteiger partial charge in [0.15, 0.2) is 0 Å². The molecular formula is C16H19N3O2S. The minimum Gasteiger partial charge on any atom is -0.310 e. The van der Waals surface area contributed by atoms with Crippen LogP contribution in [0.1, 0.15) is 42.7 Å². The minimum atomic E-state index is -0.135. The summed E-state index contributed by atoms with van der Waals surface area (Å²) in [6.07, 6.45) is 0.871. The van der Waals surface area contributed by atoms with E-state index in [9.17, 15) is 9.59 Å². The van der Waals surface area contributed by atoms with E-state index in [1.807, 2.05) is 37.3 Å². The predicted octanol–water partition coefficient (Wildman–Crippen LogP) is 2.92. The summed E-state index contributed by atoms with van der Waals surface area (Å²) < 4.78 is 1.79. The molecule has 0 aliphatic carbocycles. The van der Waals surface area contributed by atoms with Crippen molar-refractivity contribution in [3.63, 3.8) is 0 Å². The maximum Gasteiger partial charge on any atom is 0.270 e. The highest BCUT2D eigenvalue weighted by Gasteiger charge is 2.30. The first-order chi connectivity index (χ1) is 10.6. The van der Waals surface area contributed by atoms with Crippen LogP contribution >= 0.6 is 11.8 Å². The van der Waals surface area contributed by atoms with Gasteiger partial charge >= 0.3 is 0 Å². The number of H-pyrrole nitrogens is 1. The molecule has 2 atom stereocenters. The van der Waals surface area contributed by atoms with Gasteiger partial charge in [-0.25, -0.2) is 0 Å². The fourth-order valence-electron chi connectivity index (χ4n) is 2.65. The second-order valence-corrected chi connectivity index (χ2v) is 6.57. The molecule has 2 heterocycles. The van der Waals surface area contributed by atoms with Crippen molar-refractivity contribution >= 4 is 23.5 Å². The second-order valence-electron chi connectivity index (χ2n) is 5.48.